The molecule has 5 heteroatoms. The van der Waals surface area contributed by atoms with Gasteiger partial charge in [-0.25, -0.2) is 0 Å². The molecule has 2 N–H and O–H groups in total. The lowest BCUT2D eigenvalue weighted by atomic mass is 9.42. The number of allylic oxidation sites excluding steroid dienone is 2. The van der Waals surface area contributed by atoms with Crippen molar-refractivity contribution in [3.8, 4) is 0 Å². The lowest BCUT2D eigenvalue weighted by Gasteiger charge is -2.64. The van der Waals surface area contributed by atoms with Crippen molar-refractivity contribution in [2.24, 2.45) is 50.7 Å². The number of aliphatic hydroxyl groups is 1. The molecule has 214 valence electrons. The van der Waals surface area contributed by atoms with Crippen molar-refractivity contribution < 1.29 is 24.5 Å². The Morgan fingerprint density at radius 3 is 2.21 bits per heavy atom. The van der Waals surface area contributed by atoms with E-state index in [1.807, 2.05) is 0 Å². The van der Waals surface area contributed by atoms with Gasteiger partial charge in [0.2, 0.25) is 0 Å². The number of aliphatic hydroxyl groups excluding tert-OH is 1. The first-order chi connectivity index (χ1) is 17.6. The number of ether oxygens (including phenoxy) is 1. The van der Waals surface area contributed by atoms with Crippen LogP contribution in [0.25, 0.3) is 0 Å². The Labute approximate surface area is 230 Å². The number of hydrogen-bond acceptors (Lipinski definition) is 4. The summed E-state index contributed by atoms with van der Waals surface area (Å²) in [5.41, 5.74) is 2.20. The van der Waals surface area contributed by atoms with Gasteiger partial charge in [0.05, 0.1) is 6.10 Å². The molecule has 0 radical (unpaired) electrons. The molecule has 5 nitrogen and oxygen atoms in total. The third-order valence-electron chi connectivity index (χ3n) is 13.4. The Bertz CT molecular complexity index is 1010. The van der Waals surface area contributed by atoms with Gasteiger partial charge in [0.15, 0.2) is 0 Å². The van der Waals surface area contributed by atoms with E-state index in [2.05, 4.69) is 54.5 Å². The largest absolute Gasteiger partial charge is 0.481 e. The minimum atomic E-state index is -1.12. The van der Waals surface area contributed by atoms with Crippen LogP contribution in [0.4, 0.5) is 0 Å². The maximum Gasteiger partial charge on any atom is 0.317 e. The highest BCUT2D eigenvalue weighted by Gasteiger charge is 2.63. The Hall–Kier alpha value is -1.36. The lowest BCUT2D eigenvalue weighted by molar-refractivity contribution is -0.194. The van der Waals surface area contributed by atoms with Crippen molar-refractivity contribution in [1.82, 2.24) is 0 Å². The van der Waals surface area contributed by atoms with E-state index in [4.69, 9.17) is 9.84 Å². The smallest absolute Gasteiger partial charge is 0.317 e. The van der Waals surface area contributed by atoms with Crippen molar-refractivity contribution in [3.05, 3.63) is 11.6 Å². The van der Waals surface area contributed by atoms with Crippen molar-refractivity contribution in [1.29, 1.82) is 0 Å². The number of carbonyl (C=O) groups is 2. The van der Waals surface area contributed by atoms with Crippen LogP contribution in [-0.4, -0.2) is 34.4 Å². The number of fused-ring (bicyclic) bond motifs is 6. The van der Waals surface area contributed by atoms with Crippen LogP contribution >= 0.6 is 0 Å². The maximum absolute atomic E-state index is 12.3. The molecule has 0 unspecified atom stereocenters. The monoisotopic (exact) mass is 528 g/mol. The van der Waals surface area contributed by atoms with Crippen LogP contribution in [0.15, 0.2) is 11.6 Å². The molecule has 5 aliphatic carbocycles. The molecule has 0 saturated heterocycles. The number of carboxylic acid groups (broad SMARTS) is 1. The van der Waals surface area contributed by atoms with E-state index in [1.54, 1.807) is 5.57 Å². The molecular formula is C33H52O5. The quantitative estimate of drug-likeness (QED) is 0.231. The van der Waals surface area contributed by atoms with Crippen LogP contribution in [0.3, 0.4) is 0 Å². The van der Waals surface area contributed by atoms with Crippen molar-refractivity contribution in [3.63, 3.8) is 0 Å². The molecule has 38 heavy (non-hydrogen) atoms. The normalized spacial score (nSPS) is 47.2. The van der Waals surface area contributed by atoms with Gasteiger partial charge in [-0.15, -0.1) is 0 Å². The summed E-state index contributed by atoms with van der Waals surface area (Å²) in [6.07, 6.45) is 12.6. The van der Waals surface area contributed by atoms with Crippen LogP contribution in [0.5, 0.6) is 0 Å². The third-order valence-corrected chi connectivity index (χ3v) is 13.4. The molecule has 0 amide bonds. The summed E-state index contributed by atoms with van der Waals surface area (Å²) in [7, 11) is 0. The first kappa shape index (κ1) is 28.2. The van der Waals surface area contributed by atoms with Gasteiger partial charge >= 0.3 is 11.9 Å². The number of carbonyl (C=O) groups excluding carboxylic acids is 1. The molecule has 4 fully saturated rings. The van der Waals surface area contributed by atoms with Gasteiger partial charge in [-0.2, -0.15) is 0 Å². The van der Waals surface area contributed by atoms with Gasteiger partial charge in [0.1, 0.15) is 12.5 Å². The van der Waals surface area contributed by atoms with Crippen LogP contribution < -0.4 is 0 Å². The molecule has 0 aliphatic heterocycles. The molecule has 4 saturated carbocycles. The standard InChI is InChI=1S/C33H52O5/c1-29(2)22-10-8-20-19-31(5)15-12-23-30(3,4)26(38-28(37)18-27(35)36)14-17-33(23,7)24(31)11-9-21(20)32(22,6)16-13-25(29)34/h8,21-26,34H,9-19H2,1-7H3,(H,35,36)/t21-,22-,23+,24-,25-,26-,31-,32+,33-/m0/s1. The SMILES string of the molecule is CC1(C)[C@@H](OC(=O)CC(=O)O)CC[C@@]2(C)[C@@H]1CC[C@@]1(C)CC3=CC[C@H]4C(C)(C)[C@@H](O)CC[C@]4(C)[C@H]3CC[C@@H]12. The van der Waals surface area contributed by atoms with E-state index >= 15 is 0 Å². The first-order valence-corrected chi connectivity index (χ1v) is 15.3. The predicted octanol–water partition coefficient (Wildman–Crippen LogP) is 7.17. The lowest BCUT2D eigenvalue weighted by Crippen LogP contribution is -2.59. The molecule has 0 aromatic rings. The maximum atomic E-state index is 12.3. The summed E-state index contributed by atoms with van der Waals surface area (Å²) < 4.78 is 5.83. The average Bonchev–Trinajstić information content (AvgIpc) is 2.95. The van der Waals surface area contributed by atoms with Gasteiger partial charge in [-0.1, -0.05) is 60.1 Å². The van der Waals surface area contributed by atoms with E-state index < -0.39 is 18.4 Å². The molecule has 0 aromatic heterocycles. The third kappa shape index (κ3) is 4.11. The number of aliphatic carboxylic acids is 1. The van der Waals surface area contributed by atoms with E-state index in [-0.39, 0.29) is 39.3 Å². The molecule has 0 bridgehead atoms. The second-order valence-electron chi connectivity index (χ2n) is 16.0. The van der Waals surface area contributed by atoms with Gasteiger partial charge < -0.3 is 14.9 Å². The highest BCUT2D eigenvalue weighted by atomic mass is 16.5. The summed E-state index contributed by atoms with van der Waals surface area (Å²) in [5, 5.41) is 20.0. The van der Waals surface area contributed by atoms with E-state index in [0.29, 0.717) is 23.7 Å². The van der Waals surface area contributed by atoms with Crippen molar-refractivity contribution in [2.45, 2.75) is 131 Å². The Morgan fingerprint density at radius 1 is 0.842 bits per heavy atom. The number of hydrogen-bond donors (Lipinski definition) is 2. The molecule has 0 heterocycles. The number of carboxylic acids is 1. The van der Waals surface area contributed by atoms with Gasteiger partial charge in [0, 0.05) is 5.41 Å². The number of rotatable bonds is 3. The van der Waals surface area contributed by atoms with E-state index in [1.165, 1.54) is 25.7 Å². The first-order valence-electron chi connectivity index (χ1n) is 15.3. The zero-order valence-electron chi connectivity index (χ0n) is 24.9. The topological polar surface area (TPSA) is 83.8 Å². The fourth-order valence-electron chi connectivity index (χ4n) is 11.5. The minimum Gasteiger partial charge on any atom is -0.481 e. The van der Waals surface area contributed by atoms with Gasteiger partial charge in [0.25, 0.3) is 0 Å². The zero-order chi connectivity index (χ0) is 27.9. The second kappa shape index (κ2) is 9.08. The zero-order valence-corrected chi connectivity index (χ0v) is 24.9. The number of esters is 1. The van der Waals surface area contributed by atoms with Crippen molar-refractivity contribution in [2.75, 3.05) is 0 Å². The molecular weight excluding hydrogens is 476 g/mol. The predicted molar refractivity (Wildman–Crippen MR) is 148 cm³/mol. The minimum absolute atomic E-state index is 0.0461. The van der Waals surface area contributed by atoms with Gasteiger partial charge in [-0.3, -0.25) is 9.59 Å². The van der Waals surface area contributed by atoms with E-state index in [0.717, 1.165) is 38.5 Å². The molecule has 0 spiro atoms. The van der Waals surface area contributed by atoms with Crippen LogP contribution in [-0.2, 0) is 14.3 Å². The highest BCUT2D eigenvalue weighted by Crippen LogP contribution is 2.70. The van der Waals surface area contributed by atoms with Gasteiger partial charge in [-0.05, 0) is 110 Å². The molecule has 5 rings (SSSR count). The van der Waals surface area contributed by atoms with E-state index in [9.17, 15) is 14.7 Å². The highest BCUT2D eigenvalue weighted by molar-refractivity contribution is 5.90. The summed E-state index contributed by atoms with van der Waals surface area (Å²) in [6, 6.07) is 0. The van der Waals surface area contributed by atoms with Crippen LogP contribution in [0.2, 0.25) is 0 Å². The average molecular weight is 529 g/mol. The summed E-state index contributed by atoms with van der Waals surface area (Å²) in [6.45, 7) is 16.8. The van der Waals surface area contributed by atoms with Crippen molar-refractivity contribution >= 4 is 11.9 Å². The summed E-state index contributed by atoms with van der Waals surface area (Å²) in [4.78, 5) is 23.4. The Kier molecular flexibility index (Phi) is 6.73. The second-order valence-corrected chi connectivity index (χ2v) is 16.0. The Morgan fingerprint density at radius 2 is 1.53 bits per heavy atom. The Balaban J connectivity index is 1.42. The summed E-state index contributed by atoms with van der Waals surface area (Å²) >= 11 is 0. The fraction of sp³-hybridized carbons (Fsp3) is 0.879. The fourth-order valence-corrected chi connectivity index (χ4v) is 11.5. The molecule has 0 aromatic carbocycles. The molecule has 5 aliphatic rings. The van der Waals surface area contributed by atoms with Crippen LogP contribution in [0.1, 0.15) is 119 Å². The van der Waals surface area contributed by atoms with Crippen LogP contribution in [0, 0.1) is 50.7 Å². The molecule has 9 atom stereocenters. The summed E-state index contributed by atoms with van der Waals surface area (Å²) in [5.74, 6) is 0.485.